The lowest BCUT2D eigenvalue weighted by Gasteiger charge is -2.04. The molecule has 0 radical (unpaired) electrons. The summed E-state index contributed by atoms with van der Waals surface area (Å²) in [5.74, 6) is 0.299. The van der Waals surface area contributed by atoms with E-state index in [0.29, 0.717) is 18.9 Å². The zero-order valence-electron chi connectivity index (χ0n) is 11.0. The minimum atomic E-state index is -0.0313. The third-order valence-corrected chi connectivity index (χ3v) is 4.21. The quantitative estimate of drug-likeness (QED) is 0.626. The first-order valence-electron chi connectivity index (χ1n) is 6.05. The third kappa shape index (κ3) is 4.59. The lowest BCUT2D eigenvalue weighted by atomic mass is 10.3. The number of carbonyl (C=O) groups excluding carboxylic acids is 1. The number of hydrogen-bond donors (Lipinski definition) is 1. The molecule has 0 saturated carbocycles. The Labute approximate surface area is 125 Å². The van der Waals surface area contributed by atoms with E-state index < -0.39 is 0 Å². The summed E-state index contributed by atoms with van der Waals surface area (Å²) in [6.07, 6.45) is 0. The summed E-state index contributed by atoms with van der Waals surface area (Å²) in [6, 6.07) is 7.79. The van der Waals surface area contributed by atoms with E-state index in [-0.39, 0.29) is 5.91 Å². The molecule has 2 aromatic heterocycles. The van der Waals surface area contributed by atoms with E-state index in [1.165, 1.54) is 11.8 Å². The van der Waals surface area contributed by atoms with Crippen LogP contribution in [0.3, 0.4) is 0 Å². The predicted octanol–water partition coefficient (Wildman–Crippen LogP) is 2.06. The van der Waals surface area contributed by atoms with Crippen molar-refractivity contribution in [1.29, 1.82) is 0 Å². The SMILES string of the molecule is COCCNC(=O)CSc1ccc(-c2cccs2)nn1. The lowest BCUT2D eigenvalue weighted by molar-refractivity contribution is -0.118. The van der Waals surface area contributed by atoms with E-state index in [1.807, 2.05) is 29.6 Å². The van der Waals surface area contributed by atoms with Crippen molar-refractivity contribution in [3.8, 4) is 10.6 Å². The Balaban J connectivity index is 1.81. The molecule has 2 heterocycles. The standard InChI is InChI=1S/C13H15N3O2S2/c1-18-7-6-14-12(17)9-20-13-5-4-10(15-16-13)11-3-2-8-19-11/h2-5,8H,6-7,9H2,1H3,(H,14,17). The fourth-order valence-electron chi connectivity index (χ4n) is 1.44. The Bertz CT molecular complexity index is 529. The van der Waals surface area contributed by atoms with Crippen molar-refractivity contribution >= 4 is 29.0 Å². The highest BCUT2D eigenvalue weighted by molar-refractivity contribution is 7.99. The maximum Gasteiger partial charge on any atom is 0.230 e. The van der Waals surface area contributed by atoms with Crippen molar-refractivity contribution in [1.82, 2.24) is 15.5 Å². The Kier molecular flexibility index (Phi) is 5.97. The number of hydrogen-bond acceptors (Lipinski definition) is 6. The van der Waals surface area contributed by atoms with Gasteiger partial charge in [0.05, 0.1) is 17.2 Å². The van der Waals surface area contributed by atoms with Gasteiger partial charge >= 0.3 is 0 Å². The molecule has 0 bridgehead atoms. The van der Waals surface area contributed by atoms with E-state index >= 15 is 0 Å². The summed E-state index contributed by atoms with van der Waals surface area (Å²) < 4.78 is 4.86. The summed E-state index contributed by atoms with van der Waals surface area (Å²) >= 11 is 3.00. The molecule has 0 aliphatic heterocycles. The van der Waals surface area contributed by atoms with Crippen molar-refractivity contribution in [3.63, 3.8) is 0 Å². The molecule has 1 amide bonds. The molecular formula is C13H15N3O2S2. The zero-order chi connectivity index (χ0) is 14.2. The molecule has 2 rings (SSSR count). The summed E-state index contributed by atoms with van der Waals surface area (Å²) in [6.45, 7) is 1.05. The molecule has 106 valence electrons. The van der Waals surface area contributed by atoms with Crippen LogP contribution in [-0.2, 0) is 9.53 Å². The first kappa shape index (κ1) is 15.0. The van der Waals surface area contributed by atoms with Crippen molar-refractivity contribution in [2.75, 3.05) is 26.0 Å². The first-order valence-corrected chi connectivity index (χ1v) is 7.92. The average molecular weight is 309 g/mol. The molecule has 0 atom stereocenters. The average Bonchev–Trinajstić information content (AvgIpc) is 3.00. The van der Waals surface area contributed by atoms with Gasteiger partial charge in [0.2, 0.25) is 5.91 Å². The summed E-state index contributed by atoms with van der Waals surface area (Å²) in [4.78, 5) is 12.6. The number of ether oxygens (including phenoxy) is 1. The topological polar surface area (TPSA) is 64.1 Å². The van der Waals surface area contributed by atoms with Gasteiger partial charge in [-0.1, -0.05) is 17.8 Å². The molecule has 0 saturated heterocycles. The highest BCUT2D eigenvalue weighted by atomic mass is 32.2. The van der Waals surface area contributed by atoms with Gasteiger partial charge in [0.1, 0.15) is 10.7 Å². The summed E-state index contributed by atoms with van der Waals surface area (Å²) in [5.41, 5.74) is 0.855. The molecule has 0 aliphatic carbocycles. The Hall–Kier alpha value is -1.44. The predicted molar refractivity (Wildman–Crippen MR) is 81.0 cm³/mol. The van der Waals surface area contributed by atoms with E-state index in [2.05, 4.69) is 15.5 Å². The monoisotopic (exact) mass is 309 g/mol. The second kappa shape index (κ2) is 7.98. The highest BCUT2D eigenvalue weighted by Crippen LogP contribution is 2.23. The molecule has 0 spiro atoms. The minimum absolute atomic E-state index is 0.0313. The Morgan fingerprint density at radius 1 is 1.40 bits per heavy atom. The van der Waals surface area contributed by atoms with Crippen LogP contribution in [0.5, 0.6) is 0 Å². The maximum atomic E-state index is 11.5. The van der Waals surface area contributed by atoms with E-state index in [1.54, 1.807) is 18.4 Å². The fourth-order valence-corrected chi connectivity index (χ4v) is 2.77. The number of carbonyl (C=O) groups is 1. The van der Waals surface area contributed by atoms with Crippen molar-refractivity contribution in [2.24, 2.45) is 0 Å². The second-order valence-electron chi connectivity index (χ2n) is 3.87. The van der Waals surface area contributed by atoms with E-state index in [0.717, 1.165) is 15.6 Å². The smallest absolute Gasteiger partial charge is 0.230 e. The van der Waals surface area contributed by atoms with Gasteiger partial charge in [-0.3, -0.25) is 4.79 Å². The number of amides is 1. The van der Waals surface area contributed by atoms with Crippen molar-refractivity contribution < 1.29 is 9.53 Å². The van der Waals surface area contributed by atoms with Gasteiger partial charge in [-0.15, -0.1) is 21.5 Å². The molecule has 0 unspecified atom stereocenters. The number of rotatable bonds is 7. The second-order valence-corrected chi connectivity index (χ2v) is 5.81. The molecule has 5 nitrogen and oxygen atoms in total. The van der Waals surface area contributed by atoms with Crippen molar-refractivity contribution in [3.05, 3.63) is 29.6 Å². The number of thiophene rings is 1. The van der Waals surface area contributed by atoms with Crippen LogP contribution in [0.15, 0.2) is 34.7 Å². The Morgan fingerprint density at radius 3 is 2.95 bits per heavy atom. The van der Waals surface area contributed by atoms with E-state index in [9.17, 15) is 4.79 Å². The molecule has 1 N–H and O–H groups in total. The molecule has 20 heavy (non-hydrogen) atoms. The maximum absolute atomic E-state index is 11.5. The number of nitrogens with zero attached hydrogens (tertiary/aromatic N) is 2. The van der Waals surface area contributed by atoms with Gasteiger partial charge < -0.3 is 10.1 Å². The highest BCUT2D eigenvalue weighted by Gasteiger charge is 2.05. The number of aromatic nitrogens is 2. The van der Waals surface area contributed by atoms with Crippen LogP contribution >= 0.6 is 23.1 Å². The fraction of sp³-hybridized carbons (Fsp3) is 0.308. The van der Waals surface area contributed by atoms with Crippen LogP contribution in [0.2, 0.25) is 0 Å². The van der Waals surface area contributed by atoms with Gasteiger partial charge in [-0.05, 0) is 23.6 Å². The number of thioether (sulfide) groups is 1. The van der Waals surface area contributed by atoms with Crippen molar-refractivity contribution in [2.45, 2.75) is 5.03 Å². The molecule has 0 aromatic carbocycles. The summed E-state index contributed by atoms with van der Waals surface area (Å²) in [5, 5.41) is 13.8. The van der Waals surface area contributed by atoms with Gasteiger partial charge in [-0.2, -0.15) is 0 Å². The van der Waals surface area contributed by atoms with Crippen LogP contribution in [0.4, 0.5) is 0 Å². The van der Waals surface area contributed by atoms with Crippen LogP contribution in [0.1, 0.15) is 0 Å². The number of methoxy groups -OCH3 is 1. The zero-order valence-corrected chi connectivity index (χ0v) is 12.7. The van der Waals surface area contributed by atoms with Crippen LogP contribution in [0.25, 0.3) is 10.6 Å². The number of nitrogens with one attached hydrogen (secondary N) is 1. The largest absolute Gasteiger partial charge is 0.383 e. The van der Waals surface area contributed by atoms with Gasteiger partial charge in [0, 0.05) is 13.7 Å². The summed E-state index contributed by atoms with van der Waals surface area (Å²) in [7, 11) is 1.60. The van der Waals surface area contributed by atoms with E-state index in [4.69, 9.17) is 4.74 Å². The van der Waals surface area contributed by atoms with Crippen LogP contribution in [-0.4, -0.2) is 42.1 Å². The van der Waals surface area contributed by atoms with Crippen LogP contribution in [0, 0.1) is 0 Å². The van der Waals surface area contributed by atoms with Crippen LogP contribution < -0.4 is 5.32 Å². The third-order valence-electron chi connectivity index (χ3n) is 2.39. The van der Waals surface area contributed by atoms with Gasteiger partial charge in [0.25, 0.3) is 0 Å². The molecule has 7 heteroatoms. The molecule has 2 aromatic rings. The minimum Gasteiger partial charge on any atom is -0.383 e. The molecule has 0 aliphatic rings. The molecular weight excluding hydrogens is 294 g/mol. The van der Waals surface area contributed by atoms with Gasteiger partial charge in [0.15, 0.2) is 0 Å². The first-order chi connectivity index (χ1) is 9.79. The normalized spacial score (nSPS) is 10.4. The Morgan fingerprint density at radius 2 is 2.30 bits per heavy atom. The van der Waals surface area contributed by atoms with Gasteiger partial charge in [-0.25, -0.2) is 0 Å². The molecule has 0 fully saturated rings. The lowest BCUT2D eigenvalue weighted by Crippen LogP contribution is -2.28.